The molecule has 2 unspecified atom stereocenters. The number of benzene rings is 1. The third-order valence-corrected chi connectivity index (χ3v) is 2.96. The van der Waals surface area contributed by atoms with Gasteiger partial charge in [-0.25, -0.2) is 0 Å². The Morgan fingerprint density at radius 1 is 1.47 bits per heavy atom. The third kappa shape index (κ3) is 5.30. The van der Waals surface area contributed by atoms with Crippen LogP contribution in [-0.2, 0) is 11.2 Å². The van der Waals surface area contributed by atoms with E-state index < -0.39 is 12.1 Å². The van der Waals surface area contributed by atoms with Crippen LogP contribution in [0.4, 0.5) is 0 Å². The summed E-state index contributed by atoms with van der Waals surface area (Å²) < 4.78 is 0.984. The van der Waals surface area contributed by atoms with E-state index in [1.807, 2.05) is 24.3 Å². The molecule has 5 heteroatoms. The molecule has 0 aliphatic carbocycles. The van der Waals surface area contributed by atoms with Crippen LogP contribution in [-0.4, -0.2) is 29.7 Å². The first-order chi connectivity index (χ1) is 7.99. The van der Waals surface area contributed by atoms with Crippen molar-refractivity contribution in [2.24, 2.45) is 5.73 Å². The second-order valence-corrected chi connectivity index (χ2v) is 4.93. The molecule has 1 rings (SSSR count). The molecule has 0 heterocycles. The Morgan fingerprint density at radius 2 is 2.06 bits per heavy atom. The maximum absolute atomic E-state index is 11.6. The summed E-state index contributed by atoms with van der Waals surface area (Å²) in [5.41, 5.74) is 6.55. The lowest BCUT2D eigenvalue weighted by Gasteiger charge is -2.15. The summed E-state index contributed by atoms with van der Waals surface area (Å²) in [5, 5.41) is 11.9. The average molecular weight is 301 g/mol. The van der Waals surface area contributed by atoms with E-state index in [0.717, 1.165) is 10.0 Å². The zero-order valence-electron chi connectivity index (χ0n) is 9.69. The van der Waals surface area contributed by atoms with Crippen LogP contribution in [0.5, 0.6) is 0 Å². The van der Waals surface area contributed by atoms with Crippen LogP contribution in [0.3, 0.4) is 0 Å². The fraction of sp³-hybridized carbons (Fsp3) is 0.417. The fourth-order valence-electron chi connectivity index (χ4n) is 1.25. The quantitative estimate of drug-likeness (QED) is 0.753. The van der Waals surface area contributed by atoms with Crippen molar-refractivity contribution in [1.29, 1.82) is 0 Å². The lowest BCUT2D eigenvalue weighted by Crippen LogP contribution is -2.44. The zero-order valence-corrected chi connectivity index (χ0v) is 11.3. The molecule has 4 N–H and O–H groups in total. The van der Waals surface area contributed by atoms with E-state index in [4.69, 9.17) is 5.73 Å². The van der Waals surface area contributed by atoms with Crippen molar-refractivity contribution in [2.45, 2.75) is 25.5 Å². The van der Waals surface area contributed by atoms with Crippen LogP contribution < -0.4 is 11.1 Å². The van der Waals surface area contributed by atoms with Gasteiger partial charge >= 0.3 is 0 Å². The first-order valence-electron chi connectivity index (χ1n) is 5.44. The molecule has 1 aromatic carbocycles. The fourth-order valence-corrected chi connectivity index (χ4v) is 1.52. The first kappa shape index (κ1) is 14.2. The molecule has 17 heavy (non-hydrogen) atoms. The summed E-state index contributed by atoms with van der Waals surface area (Å²) in [6.07, 6.45) is -0.303. The van der Waals surface area contributed by atoms with Gasteiger partial charge in [-0.15, -0.1) is 0 Å². The van der Waals surface area contributed by atoms with Crippen molar-refractivity contribution in [3.8, 4) is 0 Å². The molecule has 0 saturated heterocycles. The molecule has 0 aromatic heterocycles. The highest BCUT2D eigenvalue weighted by Crippen LogP contribution is 2.10. The number of hydrogen-bond acceptors (Lipinski definition) is 3. The van der Waals surface area contributed by atoms with E-state index in [-0.39, 0.29) is 12.5 Å². The van der Waals surface area contributed by atoms with Crippen molar-refractivity contribution >= 4 is 21.8 Å². The molecule has 1 aromatic rings. The minimum atomic E-state index is -0.622. The number of nitrogens with two attached hydrogens (primary N) is 1. The Kier molecular flexibility index (Phi) is 5.61. The third-order valence-electron chi connectivity index (χ3n) is 2.43. The zero-order chi connectivity index (χ0) is 12.8. The molecule has 0 bridgehead atoms. The minimum Gasteiger partial charge on any atom is -0.392 e. The Hall–Kier alpha value is -0.910. The van der Waals surface area contributed by atoms with E-state index >= 15 is 0 Å². The van der Waals surface area contributed by atoms with Gasteiger partial charge < -0.3 is 16.2 Å². The van der Waals surface area contributed by atoms with Gasteiger partial charge in [0.25, 0.3) is 0 Å². The van der Waals surface area contributed by atoms with Gasteiger partial charge in [0.1, 0.15) is 0 Å². The van der Waals surface area contributed by atoms with Gasteiger partial charge in [0, 0.05) is 17.1 Å². The Labute approximate surface area is 109 Å². The molecule has 94 valence electrons. The van der Waals surface area contributed by atoms with Crippen LogP contribution in [0.1, 0.15) is 12.5 Å². The van der Waals surface area contributed by atoms with Gasteiger partial charge in [0.05, 0.1) is 12.5 Å². The van der Waals surface area contributed by atoms with Crippen LogP contribution in [0.25, 0.3) is 0 Å². The number of rotatable bonds is 5. The van der Waals surface area contributed by atoms with Gasteiger partial charge in [-0.05, 0) is 24.6 Å². The highest BCUT2D eigenvalue weighted by atomic mass is 79.9. The molecule has 1 amide bonds. The topological polar surface area (TPSA) is 75.3 Å². The molecule has 4 nitrogen and oxygen atoms in total. The lowest BCUT2D eigenvalue weighted by molar-refractivity contribution is -0.120. The molecule has 0 aliphatic heterocycles. The SMILES string of the molecule is CC(O)C(N)CNC(=O)Cc1ccc(Br)cc1. The molecular weight excluding hydrogens is 284 g/mol. The van der Waals surface area contributed by atoms with E-state index in [1.54, 1.807) is 6.92 Å². The highest BCUT2D eigenvalue weighted by molar-refractivity contribution is 9.10. The summed E-state index contributed by atoms with van der Waals surface area (Å²) in [5.74, 6) is -0.0941. The molecule has 0 spiro atoms. The molecular formula is C12H17BrN2O2. The van der Waals surface area contributed by atoms with Gasteiger partial charge in [0.15, 0.2) is 0 Å². The van der Waals surface area contributed by atoms with Gasteiger partial charge in [-0.2, -0.15) is 0 Å². The van der Waals surface area contributed by atoms with E-state index in [0.29, 0.717) is 6.42 Å². The summed E-state index contributed by atoms with van der Waals surface area (Å²) in [4.78, 5) is 11.6. The number of aliphatic hydroxyl groups excluding tert-OH is 1. The van der Waals surface area contributed by atoms with Crippen LogP contribution >= 0.6 is 15.9 Å². The maximum atomic E-state index is 11.6. The van der Waals surface area contributed by atoms with Crippen molar-refractivity contribution in [3.63, 3.8) is 0 Å². The monoisotopic (exact) mass is 300 g/mol. The normalized spacial score (nSPS) is 14.1. The highest BCUT2D eigenvalue weighted by Gasteiger charge is 2.10. The maximum Gasteiger partial charge on any atom is 0.224 e. The van der Waals surface area contributed by atoms with E-state index in [2.05, 4.69) is 21.2 Å². The molecule has 0 fully saturated rings. The Morgan fingerprint density at radius 3 is 2.59 bits per heavy atom. The molecule has 0 saturated carbocycles. The molecule has 0 aliphatic rings. The number of carbonyl (C=O) groups excluding carboxylic acids is 1. The number of aliphatic hydroxyl groups is 1. The second kappa shape index (κ2) is 6.74. The van der Waals surface area contributed by atoms with Gasteiger partial charge in [-0.3, -0.25) is 4.79 Å². The Balaban J connectivity index is 2.37. The lowest BCUT2D eigenvalue weighted by atomic mass is 10.1. The van der Waals surface area contributed by atoms with Crippen molar-refractivity contribution in [1.82, 2.24) is 5.32 Å². The summed E-state index contributed by atoms with van der Waals surface area (Å²) in [7, 11) is 0. The number of amides is 1. The first-order valence-corrected chi connectivity index (χ1v) is 6.23. The Bertz CT molecular complexity index is 365. The predicted molar refractivity (Wildman–Crippen MR) is 70.5 cm³/mol. The van der Waals surface area contributed by atoms with Crippen LogP contribution in [0, 0.1) is 0 Å². The van der Waals surface area contributed by atoms with Crippen molar-refractivity contribution in [2.75, 3.05) is 6.54 Å². The van der Waals surface area contributed by atoms with E-state index in [1.165, 1.54) is 0 Å². The largest absolute Gasteiger partial charge is 0.392 e. The van der Waals surface area contributed by atoms with Gasteiger partial charge in [0.2, 0.25) is 5.91 Å². The summed E-state index contributed by atoms with van der Waals surface area (Å²) in [6.45, 7) is 1.89. The van der Waals surface area contributed by atoms with Gasteiger partial charge in [-0.1, -0.05) is 28.1 Å². The summed E-state index contributed by atoms with van der Waals surface area (Å²) in [6, 6.07) is 7.13. The number of carbonyl (C=O) groups is 1. The van der Waals surface area contributed by atoms with Crippen LogP contribution in [0.15, 0.2) is 28.7 Å². The van der Waals surface area contributed by atoms with Crippen molar-refractivity contribution < 1.29 is 9.90 Å². The molecule has 0 radical (unpaired) electrons. The number of nitrogens with one attached hydrogen (secondary N) is 1. The average Bonchev–Trinajstić information content (AvgIpc) is 2.29. The number of hydrogen-bond donors (Lipinski definition) is 3. The minimum absolute atomic E-state index is 0.0941. The van der Waals surface area contributed by atoms with E-state index in [9.17, 15) is 9.90 Å². The molecule has 2 atom stereocenters. The standard InChI is InChI=1S/C12H17BrN2O2/c1-8(16)11(14)7-15-12(17)6-9-2-4-10(13)5-3-9/h2-5,8,11,16H,6-7,14H2,1H3,(H,15,17). The second-order valence-electron chi connectivity index (χ2n) is 4.01. The summed E-state index contributed by atoms with van der Waals surface area (Å²) >= 11 is 3.33. The predicted octanol–water partition coefficient (Wildman–Crippen LogP) is 0.816. The smallest absolute Gasteiger partial charge is 0.224 e. The number of halogens is 1. The van der Waals surface area contributed by atoms with Crippen molar-refractivity contribution in [3.05, 3.63) is 34.3 Å². The van der Waals surface area contributed by atoms with Crippen LogP contribution in [0.2, 0.25) is 0 Å².